The van der Waals surface area contributed by atoms with Crippen molar-refractivity contribution in [3.63, 3.8) is 0 Å². The highest BCUT2D eigenvalue weighted by Gasteiger charge is 2.21. The Hall–Kier alpha value is -0.750. The molecule has 1 rings (SSSR count). The minimum atomic E-state index is -0.558. The predicted octanol–water partition coefficient (Wildman–Crippen LogP) is 0.740. The summed E-state index contributed by atoms with van der Waals surface area (Å²) in [4.78, 5) is 12.6. The molecule has 0 bridgehead atoms. The summed E-state index contributed by atoms with van der Waals surface area (Å²) in [6.07, 6.45) is 1.50. The number of carbonyl (C=O) groups is 1. The summed E-state index contributed by atoms with van der Waals surface area (Å²) in [5.74, 6) is 0.117. The van der Waals surface area contributed by atoms with Gasteiger partial charge in [0.25, 0.3) is 0 Å². The van der Waals surface area contributed by atoms with Crippen LogP contribution in [0.3, 0.4) is 0 Å². The molecule has 1 fully saturated rings. The largest absolute Gasteiger partial charge is 0.340 e. The molecule has 11 heavy (non-hydrogen) atoms. The summed E-state index contributed by atoms with van der Waals surface area (Å²) in [6, 6.07) is 1.88. The molecule has 1 amide bonds. The van der Waals surface area contributed by atoms with Gasteiger partial charge in [-0.05, 0) is 6.42 Å². The zero-order chi connectivity index (χ0) is 8.27. The van der Waals surface area contributed by atoms with Crippen molar-refractivity contribution in [2.75, 3.05) is 13.1 Å². The molecule has 0 saturated carbocycles. The van der Waals surface area contributed by atoms with Crippen molar-refractivity contribution >= 4 is 17.5 Å². The van der Waals surface area contributed by atoms with E-state index in [1.807, 2.05) is 6.07 Å². The first-order valence-electron chi connectivity index (χ1n) is 3.55. The third-order valence-electron chi connectivity index (χ3n) is 1.69. The molecule has 4 heteroatoms. The Balaban J connectivity index is 2.38. The van der Waals surface area contributed by atoms with Crippen LogP contribution < -0.4 is 0 Å². The number of carbonyl (C=O) groups excluding carboxylic acids is 1. The van der Waals surface area contributed by atoms with Gasteiger partial charge in [0, 0.05) is 13.0 Å². The van der Waals surface area contributed by atoms with Crippen LogP contribution in [0.4, 0.5) is 0 Å². The van der Waals surface area contributed by atoms with Crippen molar-refractivity contribution in [3.05, 3.63) is 0 Å². The van der Waals surface area contributed by atoms with E-state index in [2.05, 4.69) is 0 Å². The van der Waals surface area contributed by atoms with Crippen molar-refractivity contribution < 1.29 is 4.79 Å². The number of alkyl halides is 1. The maximum Gasteiger partial charge on any atom is 0.222 e. The molecule has 60 valence electrons. The molecule has 0 N–H and O–H groups in total. The molecule has 3 nitrogen and oxygen atoms in total. The number of amides is 1. The first-order valence-corrected chi connectivity index (χ1v) is 3.99. The molecule has 1 saturated heterocycles. The number of hydrogen-bond acceptors (Lipinski definition) is 2. The van der Waals surface area contributed by atoms with Gasteiger partial charge in [0.1, 0.15) is 5.38 Å². The lowest BCUT2D eigenvalue weighted by atomic mass is 10.4. The second kappa shape index (κ2) is 3.59. The zero-order valence-corrected chi connectivity index (χ0v) is 6.84. The van der Waals surface area contributed by atoms with Crippen LogP contribution in [0.25, 0.3) is 0 Å². The van der Waals surface area contributed by atoms with Gasteiger partial charge in [0.15, 0.2) is 0 Å². The smallest absolute Gasteiger partial charge is 0.222 e. The summed E-state index contributed by atoms with van der Waals surface area (Å²) in [5.41, 5.74) is 0. The number of nitrogens with zero attached hydrogens (tertiary/aromatic N) is 2. The van der Waals surface area contributed by atoms with E-state index in [1.54, 1.807) is 4.90 Å². The maximum atomic E-state index is 11.0. The van der Waals surface area contributed by atoms with E-state index in [0.717, 1.165) is 13.0 Å². The maximum absolute atomic E-state index is 11.0. The van der Waals surface area contributed by atoms with Gasteiger partial charge >= 0.3 is 0 Å². The average Bonchev–Trinajstić information content (AvgIpc) is 2.37. The third kappa shape index (κ3) is 2.09. The Morgan fingerprint density at radius 2 is 2.55 bits per heavy atom. The van der Waals surface area contributed by atoms with Crippen molar-refractivity contribution in [3.8, 4) is 6.07 Å². The SMILES string of the molecule is N#CC(Cl)CN1CCCC1=O. The molecule has 0 aliphatic carbocycles. The minimum Gasteiger partial charge on any atom is -0.340 e. The Labute approximate surface area is 70.5 Å². The van der Waals surface area contributed by atoms with Crippen LogP contribution in [0, 0.1) is 11.3 Å². The van der Waals surface area contributed by atoms with Crippen molar-refractivity contribution in [1.29, 1.82) is 5.26 Å². The van der Waals surface area contributed by atoms with E-state index < -0.39 is 5.38 Å². The Bertz CT molecular complexity index is 199. The fraction of sp³-hybridized carbons (Fsp3) is 0.714. The fourth-order valence-electron chi connectivity index (χ4n) is 1.13. The van der Waals surface area contributed by atoms with E-state index in [0.29, 0.717) is 13.0 Å². The Morgan fingerprint density at radius 1 is 1.82 bits per heavy atom. The lowest BCUT2D eigenvalue weighted by Crippen LogP contribution is -2.30. The molecule has 1 atom stereocenters. The van der Waals surface area contributed by atoms with Gasteiger partial charge in [-0.15, -0.1) is 11.6 Å². The molecule has 1 aliphatic rings. The molecule has 0 spiro atoms. The second-order valence-electron chi connectivity index (χ2n) is 2.54. The van der Waals surface area contributed by atoms with Crippen molar-refractivity contribution in [1.82, 2.24) is 4.90 Å². The second-order valence-corrected chi connectivity index (χ2v) is 3.07. The number of likely N-dealkylation sites (tertiary alicyclic amines) is 1. The van der Waals surface area contributed by atoms with Crippen LogP contribution in [0.5, 0.6) is 0 Å². The van der Waals surface area contributed by atoms with Crippen LogP contribution in [0.15, 0.2) is 0 Å². The number of nitriles is 1. The van der Waals surface area contributed by atoms with E-state index in [9.17, 15) is 4.79 Å². The van der Waals surface area contributed by atoms with Gasteiger partial charge in [0.05, 0.1) is 12.6 Å². The summed E-state index contributed by atoms with van der Waals surface area (Å²) >= 11 is 5.56. The molecule has 0 aromatic rings. The van der Waals surface area contributed by atoms with E-state index >= 15 is 0 Å². The summed E-state index contributed by atoms with van der Waals surface area (Å²) in [5, 5.41) is 7.80. The standard InChI is InChI=1S/C7H9ClN2O/c8-6(4-9)5-10-3-1-2-7(10)11/h6H,1-3,5H2. The average molecular weight is 173 g/mol. The summed E-state index contributed by atoms with van der Waals surface area (Å²) in [6.45, 7) is 1.13. The van der Waals surface area contributed by atoms with Gasteiger partial charge < -0.3 is 4.90 Å². The Morgan fingerprint density at radius 3 is 3.00 bits per heavy atom. The molecule has 0 radical (unpaired) electrons. The van der Waals surface area contributed by atoms with Gasteiger partial charge in [-0.3, -0.25) is 4.79 Å². The Kier molecular flexibility index (Phi) is 2.72. The summed E-state index contributed by atoms with van der Waals surface area (Å²) < 4.78 is 0. The van der Waals surface area contributed by atoms with E-state index in [-0.39, 0.29) is 5.91 Å². The summed E-state index contributed by atoms with van der Waals surface area (Å²) in [7, 11) is 0. The van der Waals surface area contributed by atoms with Crippen LogP contribution in [0.2, 0.25) is 0 Å². The topological polar surface area (TPSA) is 44.1 Å². The zero-order valence-electron chi connectivity index (χ0n) is 6.09. The molecule has 1 aliphatic heterocycles. The molecule has 0 aromatic heterocycles. The number of halogens is 1. The normalized spacial score (nSPS) is 20.0. The van der Waals surface area contributed by atoms with Crippen molar-refractivity contribution in [2.45, 2.75) is 18.2 Å². The number of hydrogen-bond donors (Lipinski definition) is 0. The monoisotopic (exact) mass is 172 g/mol. The van der Waals surface area contributed by atoms with E-state index in [1.165, 1.54) is 0 Å². The highest BCUT2D eigenvalue weighted by Crippen LogP contribution is 2.11. The highest BCUT2D eigenvalue weighted by atomic mass is 35.5. The third-order valence-corrected chi connectivity index (χ3v) is 1.93. The van der Waals surface area contributed by atoms with Gasteiger partial charge in [-0.1, -0.05) is 0 Å². The molecular formula is C7H9ClN2O. The van der Waals surface area contributed by atoms with E-state index in [4.69, 9.17) is 16.9 Å². The fourth-order valence-corrected chi connectivity index (χ4v) is 1.30. The first kappa shape index (κ1) is 8.35. The molecule has 1 unspecified atom stereocenters. The van der Waals surface area contributed by atoms with Crippen LogP contribution >= 0.6 is 11.6 Å². The first-order chi connectivity index (χ1) is 5.24. The number of rotatable bonds is 2. The minimum absolute atomic E-state index is 0.117. The highest BCUT2D eigenvalue weighted by molar-refractivity contribution is 6.22. The van der Waals surface area contributed by atoms with Gasteiger partial charge in [0.2, 0.25) is 5.91 Å². The quantitative estimate of drug-likeness (QED) is 0.577. The van der Waals surface area contributed by atoms with Crippen LogP contribution in [0.1, 0.15) is 12.8 Å². The van der Waals surface area contributed by atoms with Gasteiger partial charge in [-0.2, -0.15) is 5.26 Å². The van der Waals surface area contributed by atoms with Crippen LogP contribution in [-0.4, -0.2) is 29.3 Å². The lowest BCUT2D eigenvalue weighted by molar-refractivity contribution is -0.127. The molecule has 1 heterocycles. The van der Waals surface area contributed by atoms with Crippen LogP contribution in [-0.2, 0) is 4.79 Å². The predicted molar refractivity (Wildman–Crippen MR) is 41.1 cm³/mol. The lowest BCUT2D eigenvalue weighted by Gasteiger charge is -2.14. The van der Waals surface area contributed by atoms with Gasteiger partial charge in [-0.25, -0.2) is 0 Å². The molecular weight excluding hydrogens is 164 g/mol. The van der Waals surface area contributed by atoms with Crippen molar-refractivity contribution in [2.24, 2.45) is 0 Å². The molecule has 0 aromatic carbocycles.